The first kappa shape index (κ1) is 14.0. The standard InChI is InChI=1S/C12H22N2O3/c1-8(2)13-7-10(15)14-9-5-4-6-12(9,3)11(16)17/h8-9,13H,4-7H2,1-3H3,(H,14,15)(H,16,17). The topological polar surface area (TPSA) is 78.4 Å². The van der Waals surface area contributed by atoms with Crippen LogP contribution in [0.1, 0.15) is 40.0 Å². The Morgan fingerprint density at radius 2 is 2.12 bits per heavy atom. The molecule has 2 unspecified atom stereocenters. The monoisotopic (exact) mass is 242 g/mol. The molecular weight excluding hydrogens is 220 g/mol. The first-order valence-corrected chi connectivity index (χ1v) is 6.12. The molecule has 1 aliphatic rings. The van der Waals surface area contributed by atoms with Crippen LogP contribution in [-0.2, 0) is 9.59 Å². The molecule has 1 amide bonds. The quantitative estimate of drug-likeness (QED) is 0.664. The molecule has 1 saturated carbocycles. The summed E-state index contributed by atoms with van der Waals surface area (Å²) in [6.07, 6.45) is 2.23. The molecule has 1 rings (SSSR count). The summed E-state index contributed by atoms with van der Waals surface area (Å²) in [5.41, 5.74) is -0.812. The zero-order valence-corrected chi connectivity index (χ0v) is 10.7. The Balaban J connectivity index is 2.50. The van der Waals surface area contributed by atoms with Crippen LogP contribution in [0, 0.1) is 5.41 Å². The largest absolute Gasteiger partial charge is 0.481 e. The Hall–Kier alpha value is -1.10. The summed E-state index contributed by atoms with van der Waals surface area (Å²) in [6.45, 7) is 5.88. The zero-order chi connectivity index (χ0) is 13.1. The van der Waals surface area contributed by atoms with Gasteiger partial charge in [0, 0.05) is 12.1 Å². The molecule has 0 aromatic rings. The Morgan fingerprint density at radius 1 is 1.47 bits per heavy atom. The third kappa shape index (κ3) is 3.43. The minimum absolute atomic E-state index is 0.127. The number of nitrogens with one attached hydrogen (secondary N) is 2. The summed E-state index contributed by atoms with van der Waals surface area (Å²) in [5, 5.41) is 15.0. The highest BCUT2D eigenvalue weighted by molar-refractivity contribution is 5.81. The van der Waals surface area contributed by atoms with E-state index in [1.165, 1.54) is 0 Å². The minimum atomic E-state index is -0.822. The molecule has 17 heavy (non-hydrogen) atoms. The highest BCUT2D eigenvalue weighted by Gasteiger charge is 2.45. The fraction of sp³-hybridized carbons (Fsp3) is 0.833. The molecule has 1 fully saturated rings. The molecule has 98 valence electrons. The van der Waals surface area contributed by atoms with Crippen LogP contribution >= 0.6 is 0 Å². The number of aliphatic carboxylic acids is 1. The van der Waals surface area contributed by atoms with Crippen molar-refractivity contribution in [3.05, 3.63) is 0 Å². The van der Waals surface area contributed by atoms with Crippen LogP contribution in [0.5, 0.6) is 0 Å². The second-order valence-electron chi connectivity index (χ2n) is 5.27. The highest BCUT2D eigenvalue weighted by atomic mass is 16.4. The fourth-order valence-corrected chi connectivity index (χ4v) is 2.20. The summed E-state index contributed by atoms with van der Waals surface area (Å²) >= 11 is 0. The van der Waals surface area contributed by atoms with E-state index in [9.17, 15) is 14.7 Å². The molecular formula is C12H22N2O3. The maximum absolute atomic E-state index is 11.6. The van der Waals surface area contributed by atoms with Crippen molar-refractivity contribution >= 4 is 11.9 Å². The Labute approximate surface area is 102 Å². The number of rotatable bonds is 5. The van der Waals surface area contributed by atoms with Crippen molar-refractivity contribution in [1.82, 2.24) is 10.6 Å². The van der Waals surface area contributed by atoms with E-state index in [0.29, 0.717) is 6.42 Å². The molecule has 0 radical (unpaired) electrons. The van der Waals surface area contributed by atoms with E-state index in [0.717, 1.165) is 12.8 Å². The van der Waals surface area contributed by atoms with E-state index in [1.807, 2.05) is 13.8 Å². The van der Waals surface area contributed by atoms with Crippen molar-refractivity contribution in [2.45, 2.75) is 52.1 Å². The van der Waals surface area contributed by atoms with Gasteiger partial charge >= 0.3 is 5.97 Å². The van der Waals surface area contributed by atoms with Gasteiger partial charge in [-0.15, -0.1) is 0 Å². The van der Waals surface area contributed by atoms with E-state index in [4.69, 9.17) is 0 Å². The van der Waals surface area contributed by atoms with E-state index < -0.39 is 11.4 Å². The molecule has 0 aliphatic heterocycles. The Bertz CT molecular complexity index is 304. The lowest BCUT2D eigenvalue weighted by Gasteiger charge is -2.27. The number of carboxylic acid groups (broad SMARTS) is 1. The van der Waals surface area contributed by atoms with Crippen molar-refractivity contribution in [3.8, 4) is 0 Å². The Morgan fingerprint density at radius 3 is 2.65 bits per heavy atom. The van der Waals surface area contributed by atoms with Crippen LogP contribution < -0.4 is 10.6 Å². The zero-order valence-electron chi connectivity index (χ0n) is 10.7. The second-order valence-corrected chi connectivity index (χ2v) is 5.27. The predicted octanol–water partition coefficient (Wildman–Crippen LogP) is 0.744. The van der Waals surface area contributed by atoms with Gasteiger partial charge in [0.25, 0.3) is 0 Å². The van der Waals surface area contributed by atoms with Gasteiger partial charge in [-0.2, -0.15) is 0 Å². The van der Waals surface area contributed by atoms with Gasteiger partial charge in [0.1, 0.15) is 0 Å². The number of carbonyl (C=O) groups excluding carboxylic acids is 1. The van der Waals surface area contributed by atoms with Crippen molar-refractivity contribution in [1.29, 1.82) is 0 Å². The molecule has 3 N–H and O–H groups in total. The summed E-state index contributed by atoms with van der Waals surface area (Å²) in [5.74, 6) is -0.949. The number of carboxylic acids is 1. The van der Waals surface area contributed by atoms with Gasteiger partial charge in [-0.3, -0.25) is 9.59 Å². The third-order valence-corrected chi connectivity index (χ3v) is 3.45. The molecule has 5 nitrogen and oxygen atoms in total. The van der Waals surface area contributed by atoms with Crippen LogP contribution in [0.25, 0.3) is 0 Å². The van der Waals surface area contributed by atoms with Crippen LogP contribution in [-0.4, -0.2) is 35.6 Å². The number of carbonyl (C=O) groups is 2. The smallest absolute Gasteiger partial charge is 0.311 e. The first-order chi connectivity index (χ1) is 7.86. The average molecular weight is 242 g/mol. The van der Waals surface area contributed by atoms with Crippen molar-refractivity contribution in [2.75, 3.05) is 6.54 Å². The first-order valence-electron chi connectivity index (χ1n) is 6.12. The molecule has 0 bridgehead atoms. The summed E-state index contributed by atoms with van der Waals surface area (Å²) < 4.78 is 0. The molecule has 1 aliphatic carbocycles. The molecule has 0 aromatic carbocycles. The maximum Gasteiger partial charge on any atom is 0.311 e. The van der Waals surface area contributed by atoms with Crippen molar-refractivity contribution < 1.29 is 14.7 Å². The average Bonchev–Trinajstić information content (AvgIpc) is 2.59. The van der Waals surface area contributed by atoms with Crippen LogP contribution in [0.15, 0.2) is 0 Å². The van der Waals surface area contributed by atoms with Gasteiger partial charge in [-0.1, -0.05) is 20.3 Å². The van der Waals surface area contributed by atoms with E-state index in [2.05, 4.69) is 10.6 Å². The molecule has 0 saturated heterocycles. The van der Waals surface area contributed by atoms with Gasteiger partial charge in [0.2, 0.25) is 5.91 Å². The molecule has 0 spiro atoms. The van der Waals surface area contributed by atoms with E-state index in [-0.39, 0.29) is 24.5 Å². The normalized spacial score (nSPS) is 28.4. The van der Waals surface area contributed by atoms with Crippen LogP contribution in [0.3, 0.4) is 0 Å². The van der Waals surface area contributed by atoms with Crippen molar-refractivity contribution in [3.63, 3.8) is 0 Å². The minimum Gasteiger partial charge on any atom is -0.481 e. The van der Waals surface area contributed by atoms with Crippen LogP contribution in [0.2, 0.25) is 0 Å². The summed E-state index contributed by atoms with van der Waals surface area (Å²) in [7, 11) is 0. The van der Waals surface area contributed by atoms with Gasteiger partial charge in [0.05, 0.1) is 12.0 Å². The molecule has 5 heteroatoms. The number of hydrogen-bond donors (Lipinski definition) is 3. The van der Waals surface area contributed by atoms with Gasteiger partial charge in [-0.05, 0) is 19.8 Å². The summed E-state index contributed by atoms with van der Waals surface area (Å²) in [6, 6.07) is -0.00310. The fourth-order valence-electron chi connectivity index (χ4n) is 2.20. The van der Waals surface area contributed by atoms with Gasteiger partial charge < -0.3 is 15.7 Å². The highest BCUT2D eigenvalue weighted by Crippen LogP contribution is 2.38. The van der Waals surface area contributed by atoms with Crippen molar-refractivity contribution in [2.24, 2.45) is 5.41 Å². The lowest BCUT2D eigenvalue weighted by Crippen LogP contribution is -2.49. The summed E-state index contributed by atoms with van der Waals surface area (Å²) in [4.78, 5) is 22.9. The lowest BCUT2D eigenvalue weighted by molar-refractivity contribution is -0.149. The number of hydrogen-bond acceptors (Lipinski definition) is 3. The van der Waals surface area contributed by atoms with E-state index in [1.54, 1.807) is 6.92 Å². The van der Waals surface area contributed by atoms with E-state index >= 15 is 0 Å². The molecule has 0 heterocycles. The molecule has 2 atom stereocenters. The lowest BCUT2D eigenvalue weighted by atomic mass is 9.85. The number of amides is 1. The maximum atomic E-state index is 11.6. The third-order valence-electron chi connectivity index (χ3n) is 3.45. The SMILES string of the molecule is CC(C)NCC(=O)NC1CCCC1(C)C(=O)O. The molecule has 0 aromatic heterocycles. The Kier molecular flexibility index (Phi) is 4.51. The van der Waals surface area contributed by atoms with Gasteiger partial charge in [-0.25, -0.2) is 0 Å². The van der Waals surface area contributed by atoms with Gasteiger partial charge in [0.15, 0.2) is 0 Å². The second kappa shape index (κ2) is 5.49. The van der Waals surface area contributed by atoms with Crippen LogP contribution in [0.4, 0.5) is 0 Å². The predicted molar refractivity (Wildman–Crippen MR) is 64.7 cm³/mol.